The third-order valence-corrected chi connectivity index (χ3v) is 3.31. The van der Waals surface area contributed by atoms with Crippen LogP contribution in [0, 0.1) is 13.8 Å². The van der Waals surface area contributed by atoms with Crippen molar-refractivity contribution in [2.75, 3.05) is 6.54 Å². The maximum atomic E-state index is 12.5. The van der Waals surface area contributed by atoms with Gasteiger partial charge in [0.25, 0.3) is 5.91 Å². The summed E-state index contributed by atoms with van der Waals surface area (Å²) in [7, 11) is 0. The Hall–Kier alpha value is -2.17. The molecule has 1 aliphatic rings. The van der Waals surface area contributed by atoms with Crippen LogP contribution in [-0.2, 0) is 9.59 Å². The molecule has 2 rings (SSSR count). The molecular weight excluding hydrogens is 244 g/mol. The first-order valence-electron chi connectivity index (χ1n) is 6.12. The fourth-order valence-electron chi connectivity index (χ4n) is 2.08. The number of rotatable bonds is 1. The number of carbonyl (C=O) groups is 3. The molecule has 1 saturated heterocycles. The summed E-state index contributed by atoms with van der Waals surface area (Å²) < 4.78 is 0. The van der Waals surface area contributed by atoms with Crippen molar-refractivity contribution >= 4 is 17.7 Å². The molecule has 0 aliphatic carbocycles. The molecule has 0 bridgehead atoms. The zero-order chi connectivity index (χ0) is 14.2. The minimum Gasteiger partial charge on any atom is -0.318 e. The molecule has 1 aromatic rings. The van der Waals surface area contributed by atoms with Gasteiger partial charge in [-0.05, 0) is 32.4 Å². The van der Waals surface area contributed by atoms with Gasteiger partial charge >= 0.3 is 0 Å². The average Bonchev–Trinajstić information content (AvgIpc) is 2.36. The van der Waals surface area contributed by atoms with E-state index in [1.54, 1.807) is 13.0 Å². The molecule has 5 heteroatoms. The van der Waals surface area contributed by atoms with E-state index in [0.29, 0.717) is 5.56 Å². The first-order valence-corrected chi connectivity index (χ1v) is 6.12. The average molecular weight is 260 g/mol. The van der Waals surface area contributed by atoms with Gasteiger partial charge in [-0.1, -0.05) is 17.7 Å². The Labute approximate surface area is 111 Å². The summed E-state index contributed by atoms with van der Waals surface area (Å²) in [6.45, 7) is 5.26. The molecular formula is C14H16N2O3. The van der Waals surface area contributed by atoms with Crippen LogP contribution in [0.25, 0.3) is 0 Å². The van der Waals surface area contributed by atoms with Gasteiger partial charge in [-0.3, -0.25) is 19.7 Å². The lowest BCUT2D eigenvalue weighted by molar-refractivity contribution is -0.138. The monoisotopic (exact) mass is 260 g/mol. The zero-order valence-electron chi connectivity index (χ0n) is 11.2. The molecule has 5 nitrogen and oxygen atoms in total. The molecule has 1 aromatic carbocycles. The molecule has 3 amide bonds. The summed E-state index contributed by atoms with van der Waals surface area (Å²) in [4.78, 5) is 36.7. The summed E-state index contributed by atoms with van der Waals surface area (Å²) in [6.07, 6.45) is 0. The van der Waals surface area contributed by atoms with Crippen molar-refractivity contribution in [2.24, 2.45) is 0 Å². The van der Waals surface area contributed by atoms with Crippen molar-refractivity contribution in [1.82, 2.24) is 10.2 Å². The number of amides is 3. The molecule has 1 N–H and O–H groups in total. The molecule has 1 aliphatic heterocycles. The molecule has 0 saturated carbocycles. The Morgan fingerprint density at radius 1 is 1.32 bits per heavy atom. The van der Waals surface area contributed by atoms with E-state index in [1.807, 2.05) is 26.0 Å². The number of hydrogen-bond donors (Lipinski definition) is 1. The lowest BCUT2D eigenvalue weighted by Crippen LogP contribution is -2.58. The van der Waals surface area contributed by atoms with Crippen LogP contribution in [-0.4, -0.2) is 35.2 Å². The Bertz CT molecular complexity index is 566. The zero-order valence-corrected chi connectivity index (χ0v) is 11.2. The summed E-state index contributed by atoms with van der Waals surface area (Å²) in [5, 5.41) is 2.22. The number of nitrogens with one attached hydrogen (secondary N) is 1. The van der Waals surface area contributed by atoms with Gasteiger partial charge in [-0.2, -0.15) is 0 Å². The molecule has 1 fully saturated rings. The first kappa shape index (κ1) is 13.3. The number of hydrogen-bond acceptors (Lipinski definition) is 3. The van der Waals surface area contributed by atoms with Crippen LogP contribution in [0.3, 0.4) is 0 Å². The highest BCUT2D eigenvalue weighted by Crippen LogP contribution is 2.16. The van der Waals surface area contributed by atoms with Crippen LogP contribution < -0.4 is 5.32 Å². The highest BCUT2D eigenvalue weighted by Gasteiger charge is 2.34. The third-order valence-electron chi connectivity index (χ3n) is 3.31. The van der Waals surface area contributed by atoms with Crippen molar-refractivity contribution in [3.63, 3.8) is 0 Å². The molecule has 1 atom stereocenters. The predicted octanol–water partition coefficient (Wildman–Crippen LogP) is 0.791. The van der Waals surface area contributed by atoms with E-state index < -0.39 is 17.9 Å². The van der Waals surface area contributed by atoms with Crippen LogP contribution in [0.15, 0.2) is 18.2 Å². The maximum absolute atomic E-state index is 12.5. The van der Waals surface area contributed by atoms with E-state index in [4.69, 9.17) is 0 Å². The van der Waals surface area contributed by atoms with Gasteiger partial charge in [-0.25, -0.2) is 0 Å². The smallest absolute Gasteiger partial charge is 0.255 e. The normalized spacial score (nSPS) is 19.3. The third kappa shape index (κ3) is 2.50. The summed E-state index contributed by atoms with van der Waals surface area (Å²) in [6, 6.07) is 4.93. The van der Waals surface area contributed by atoms with E-state index in [-0.39, 0.29) is 12.5 Å². The number of carbonyl (C=O) groups excluding carboxylic acids is 3. The summed E-state index contributed by atoms with van der Waals surface area (Å²) in [5.74, 6) is -1.16. The highest BCUT2D eigenvalue weighted by molar-refractivity contribution is 6.07. The molecule has 0 radical (unpaired) electrons. The van der Waals surface area contributed by atoms with Crippen molar-refractivity contribution in [3.05, 3.63) is 34.9 Å². The van der Waals surface area contributed by atoms with Gasteiger partial charge in [0, 0.05) is 5.56 Å². The quantitative estimate of drug-likeness (QED) is 0.759. The van der Waals surface area contributed by atoms with Gasteiger partial charge in [-0.15, -0.1) is 0 Å². The van der Waals surface area contributed by atoms with E-state index in [2.05, 4.69) is 5.32 Å². The molecule has 0 aromatic heterocycles. The maximum Gasteiger partial charge on any atom is 0.255 e. The van der Waals surface area contributed by atoms with Crippen molar-refractivity contribution in [2.45, 2.75) is 26.8 Å². The topological polar surface area (TPSA) is 66.5 Å². The SMILES string of the molecule is Cc1ccc(C)c(C(=O)N2CC(=O)NC(=O)C2C)c1. The Morgan fingerprint density at radius 2 is 2.00 bits per heavy atom. The van der Waals surface area contributed by atoms with Crippen molar-refractivity contribution < 1.29 is 14.4 Å². The summed E-state index contributed by atoms with van der Waals surface area (Å²) >= 11 is 0. The minimum atomic E-state index is -0.634. The lowest BCUT2D eigenvalue weighted by atomic mass is 10.0. The van der Waals surface area contributed by atoms with Gasteiger partial charge in [0.15, 0.2) is 0 Å². The fourth-order valence-corrected chi connectivity index (χ4v) is 2.08. The minimum absolute atomic E-state index is 0.0842. The summed E-state index contributed by atoms with van der Waals surface area (Å²) in [5.41, 5.74) is 2.34. The standard InChI is InChI=1S/C14H16N2O3/c1-8-4-5-9(2)11(6-8)14(19)16-7-12(17)15-13(18)10(16)3/h4-6,10H,7H2,1-3H3,(H,15,17,18). The van der Waals surface area contributed by atoms with E-state index in [1.165, 1.54) is 4.90 Å². The van der Waals surface area contributed by atoms with Crippen LogP contribution in [0.4, 0.5) is 0 Å². The first-order chi connectivity index (χ1) is 8.90. The number of nitrogens with zero attached hydrogens (tertiary/aromatic N) is 1. The fraction of sp³-hybridized carbons (Fsp3) is 0.357. The molecule has 100 valence electrons. The number of aryl methyl sites for hydroxylation is 2. The van der Waals surface area contributed by atoms with Crippen molar-refractivity contribution in [1.29, 1.82) is 0 Å². The van der Waals surface area contributed by atoms with Crippen molar-refractivity contribution in [3.8, 4) is 0 Å². The second kappa shape index (κ2) is 4.84. The Balaban J connectivity index is 2.35. The Morgan fingerprint density at radius 3 is 2.68 bits per heavy atom. The lowest BCUT2D eigenvalue weighted by Gasteiger charge is -2.32. The van der Waals surface area contributed by atoms with Gasteiger partial charge in [0.1, 0.15) is 12.6 Å². The molecule has 0 spiro atoms. The van der Waals surface area contributed by atoms with Crippen LogP contribution in [0.1, 0.15) is 28.4 Å². The van der Waals surface area contributed by atoms with Gasteiger partial charge in [0.05, 0.1) is 0 Å². The van der Waals surface area contributed by atoms with Gasteiger partial charge in [0.2, 0.25) is 11.8 Å². The van der Waals surface area contributed by atoms with Gasteiger partial charge < -0.3 is 4.90 Å². The van der Waals surface area contributed by atoms with E-state index in [9.17, 15) is 14.4 Å². The van der Waals surface area contributed by atoms with Crippen LogP contribution >= 0.6 is 0 Å². The van der Waals surface area contributed by atoms with E-state index >= 15 is 0 Å². The number of benzene rings is 1. The number of imide groups is 1. The van der Waals surface area contributed by atoms with Crippen LogP contribution in [0.2, 0.25) is 0 Å². The molecule has 1 heterocycles. The molecule has 1 unspecified atom stereocenters. The number of piperazine rings is 1. The highest BCUT2D eigenvalue weighted by atomic mass is 16.2. The largest absolute Gasteiger partial charge is 0.318 e. The molecule has 19 heavy (non-hydrogen) atoms. The second-order valence-corrected chi connectivity index (χ2v) is 4.84. The second-order valence-electron chi connectivity index (χ2n) is 4.84. The Kier molecular flexibility index (Phi) is 3.38. The van der Waals surface area contributed by atoms with Crippen LogP contribution in [0.5, 0.6) is 0 Å². The van der Waals surface area contributed by atoms with E-state index in [0.717, 1.165) is 11.1 Å². The predicted molar refractivity (Wildman–Crippen MR) is 69.6 cm³/mol.